The van der Waals surface area contributed by atoms with Crippen LogP contribution in [0.3, 0.4) is 0 Å². The first-order valence-electron chi connectivity index (χ1n) is 8.42. The Balaban J connectivity index is 1.77. The molecule has 1 aromatic rings. The molecule has 2 amide bonds. The van der Waals surface area contributed by atoms with Gasteiger partial charge in [-0.15, -0.1) is 0 Å². The van der Waals surface area contributed by atoms with Crippen molar-refractivity contribution >= 4 is 17.8 Å². The minimum atomic E-state index is -0.892. The highest BCUT2D eigenvalue weighted by Crippen LogP contribution is 2.18. The molecular weight excluding hydrogens is 324 g/mol. The van der Waals surface area contributed by atoms with E-state index in [9.17, 15) is 14.4 Å². The van der Waals surface area contributed by atoms with Gasteiger partial charge in [-0.1, -0.05) is 25.0 Å². The molecule has 1 aliphatic rings. The fraction of sp³-hybridized carbons (Fsp3) is 0.500. The molecule has 0 aliphatic heterocycles. The van der Waals surface area contributed by atoms with Gasteiger partial charge in [0.15, 0.2) is 6.10 Å². The Kier molecular flexibility index (Phi) is 6.80. The number of para-hydroxylation sites is 1. The summed E-state index contributed by atoms with van der Waals surface area (Å²) in [6, 6.07) is 6.86. The number of nitrogens with one attached hydrogen (secondary N) is 2. The largest absolute Gasteiger partial charge is 0.496 e. The van der Waals surface area contributed by atoms with Crippen LogP contribution in [0.5, 0.6) is 5.75 Å². The van der Waals surface area contributed by atoms with Crippen LogP contribution in [0.15, 0.2) is 24.3 Å². The second-order valence-electron chi connectivity index (χ2n) is 6.01. The number of carbonyl (C=O) groups excluding carboxylic acids is 3. The normalized spacial score (nSPS) is 15.3. The van der Waals surface area contributed by atoms with E-state index in [4.69, 9.17) is 9.47 Å². The Morgan fingerprint density at radius 1 is 1.20 bits per heavy atom. The molecule has 2 rings (SSSR count). The fourth-order valence-electron chi connectivity index (χ4n) is 2.76. The van der Waals surface area contributed by atoms with Crippen LogP contribution in [0.25, 0.3) is 0 Å². The number of hydrogen-bond acceptors (Lipinski definition) is 5. The number of ether oxygens (including phenoxy) is 2. The Morgan fingerprint density at radius 2 is 1.88 bits per heavy atom. The molecule has 1 aliphatic carbocycles. The van der Waals surface area contributed by atoms with Gasteiger partial charge in [-0.3, -0.25) is 14.4 Å². The number of amides is 2. The van der Waals surface area contributed by atoms with Crippen molar-refractivity contribution in [1.29, 1.82) is 0 Å². The molecule has 0 aromatic heterocycles. The summed E-state index contributed by atoms with van der Waals surface area (Å²) in [6.07, 6.45) is 3.24. The molecule has 7 nitrogen and oxygen atoms in total. The average Bonchev–Trinajstić information content (AvgIpc) is 3.12. The minimum absolute atomic E-state index is 0.166. The predicted octanol–water partition coefficient (Wildman–Crippen LogP) is 1.42. The first-order valence-corrected chi connectivity index (χ1v) is 8.42. The summed E-state index contributed by atoms with van der Waals surface area (Å²) < 4.78 is 10.2. The Hall–Kier alpha value is -2.57. The maximum absolute atomic E-state index is 12.1. The van der Waals surface area contributed by atoms with E-state index in [0.29, 0.717) is 11.3 Å². The molecule has 1 atom stereocenters. The van der Waals surface area contributed by atoms with E-state index >= 15 is 0 Å². The Morgan fingerprint density at radius 3 is 2.56 bits per heavy atom. The number of rotatable bonds is 7. The van der Waals surface area contributed by atoms with Crippen LogP contribution in [0.2, 0.25) is 0 Å². The summed E-state index contributed by atoms with van der Waals surface area (Å²) >= 11 is 0. The van der Waals surface area contributed by atoms with Gasteiger partial charge in [-0.05, 0) is 31.9 Å². The lowest BCUT2D eigenvalue weighted by molar-refractivity contribution is -0.154. The highest BCUT2D eigenvalue weighted by Gasteiger charge is 2.23. The molecule has 2 N–H and O–H groups in total. The first kappa shape index (κ1) is 18.8. The third-order valence-electron chi connectivity index (χ3n) is 4.12. The van der Waals surface area contributed by atoms with E-state index in [1.807, 2.05) is 0 Å². The van der Waals surface area contributed by atoms with Crippen LogP contribution in [0.1, 0.15) is 43.0 Å². The molecule has 1 fully saturated rings. The molecule has 0 radical (unpaired) electrons. The molecule has 1 aromatic carbocycles. The third kappa shape index (κ3) is 5.48. The molecule has 136 valence electrons. The molecule has 0 heterocycles. The van der Waals surface area contributed by atoms with Crippen molar-refractivity contribution in [2.75, 3.05) is 13.7 Å². The SMILES string of the molecule is COc1ccccc1C(=O)NCC(=O)O[C@H](C)C(=O)NC1CCCC1. The summed E-state index contributed by atoms with van der Waals surface area (Å²) in [6.45, 7) is 1.20. The zero-order valence-electron chi connectivity index (χ0n) is 14.5. The lowest BCUT2D eigenvalue weighted by Crippen LogP contribution is -2.42. The van der Waals surface area contributed by atoms with Gasteiger partial charge in [0, 0.05) is 6.04 Å². The maximum atomic E-state index is 12.1. The highest BCUT2D eigenvalue weighted by atomic mass is 16.5. The van der Waals surface area contributed by atoms with Gasteiger partial charge in [-0.2, -0.15) is 0 Å². The zero-order chi connectivity index (χ0) is 18.2. The fourth-order valence-corrected chi connectivity index (χ4v) is 2.76. The van der Waals surface area contributed by atoms with Crippen molar-refractivity contribution in [2.24, 2.45) is 0 Å². The van der Waals surface area contributed by atoms with Gasteiger partial charge in [0.2, 0.25) is 0 Å². The number of methoxy groups -OCH3 is 1. The van der Waals surface area contributed by atoms with Gasteiger partial charge in [-0.25, -0.2) is 0 Å². The predicted molar refractivity (Wildman–Crippen MR) is 91.3 cm³/mol. The van der Waals surface area contributed by atoms with Crippen LogP contribution >= 0.6 is 0 Å². The van der Waals surface area contributed by atoms with Gasteiger partial charge in [0.05, 0.1) is 12.7 Å². The zero-order valence-corrected chi connectivity index (χ0v) is 14.5. The Bertz CT molecular complexity index is 626. The lowest BCUT2D eigenvalue weighted by Gasteiger charge is -2.17. The molecular formula is C18H24N2O5. The lowest BCUT2D eigenvalue weighted by atomic mass is 10.2. The molecule has 1 saturated carbocycles. The van der Waals surface area contributed by atoms with E-state index in [1.165, 1.54) is 14.0 Å². The average molecular weight is 348 g/mol. The summed E-state index contributed by atoms with van der Waals surface area (Å²) in [5.74, 6) is -1.01. The van der Waals surface area contributed by atoms with E-state index in [-0.39, 0.29) is 18.5 Å². The van der Waals surface area contributed by atoms with Crippen molar-refractivity contribution in [1.82, 2.24) is 10.6 Å². The topological polar surface area (TPSA) is 93.7 Å². The second kappa shape index (κ2) is 9.05. The van der Waals surface area contributed by atoms with Gasteiger partial charge in [0.25, 0.3) is 11.8 Å². The van der Waals surface area contributed by atoms with Crippen LogP contribution in [-0.2, 0) is 14.3 Å². The number of carbonyl (C=O) groups is 3. The monoisotopic (exact) mass is 348 g/mol. The molecule has 7 heteroatoms. The molecule has 25 heavy (non-hydrogen) atoms. The van der Waals surface area contributed by atoms with Crippen molar-refractivity contribution in [3.8, 4) is 5.75 Å². The van der Waals surface area contributed by atoms with E-state index in [1.54, 1.807) is 24.3 Å². The van der Waals surface area contributed by atoms with E-state index in [0.717, 1.165) is 25.7 Å². The number of benzene rings is 1. The van der Waals surface area contributed by atoms with Crippen LogP contribution in [0.4, 0.5) is 0 Å². The third-order valence-corrected chi connectivity index (χ3v) is 4.12. The summed E-state index contributed by atoms with van der Waals surface area (Å²) in [5, 5.41) is 5.34. The van der Waals surface area contributed by atoms with Crippen molar-refractivity contribution in [3.63, 3.8) is 0 Å². The molecule has 0 bridgehead atoms. The molecule has 0 unspecified atom stereocenters. The first-order chi connectivity index (χ1) is 12.0. The van der Waals surface area contributed by atoms with Gasteiger partial charge < -0.3 is 20.1 Å². The second-order valence-corrected chi connectivity index (χ2v) is 6.01. The summed E-state index contributed by atoms with van der Waals surface area (Å²) in [7, 11) is 1.46. The summed E-state index contributed by atoms with van der Waals surface area (Å²) in [5.41, 5.74) is 0.324. The van der Waals surface area contributed by atoms with Crippen LogP contribution in [-0.4, -0.2) is 43.6 Å². The van der Waals surface area contributed by atoms with Crippen molar-refractivity contribution in [2.45, 2.75) is 44.8 Å². The quantitative estimate of drug-likeness (QED) is 0.727. The Labute approximate surface area is 147 Å². The standard InChI is InChI=1S/C18H24N2O5/c1-12(17(22)20-13-7-3-4-8-13)25-16(21)11-19-18(23)14-9-5-6-10-15(14)24-2/h5-6,9-10,12-13H,3-4,7-8,11H2,1-2H3,(H,19,23)(H,20,22)/t12-/m1/s1. The van der Waals surface area contributed by atoms with Gasteiger partial charge >= 0.3 is 5.97 Å². The smallest absolute Gasteiger partial charge is 0.326 e. The molecule has 0 spiro atoms. The minimum Gasteiger partial charge on any atom is -0.496 e. The maximum Gasteiger partial charge on any atom is 0.326 e. The summed E-state index contributed by atoms with van der Waals surface area (Å²) in [4.78, 5) is 35.9. The van der Waals surface area contributed by atoms with E-state index in [2.05, 4.69) is 10.6 Å². The molecule has 0 saturated heterocycles. The number of esters is 1. The van der Waals surface area contributed by atoms with Gasteiger partial charge in [0.1, 0.15) is 12.3 Å². The highest BCUT2D eigenvalue weighted by molar-refractivity contribution is 5.98. The van der Waals surface area contributed by atoms with Crippen LogP contribution < -0.4 is 15.4 Å². The van der Waals surface area contributed by atoms with Crippen LogP contribution in [0, 0.1) is 0 Å². The van der Waals surface area contributed by atoms with Crippen molar-refractivity contribution < 1.29 is 23.9 Å². The van der Waals surface area contributed by atoms with E-state index < -0.39 is 18.0 Å². The number of hydrogen-bond donors (Lipinski definition) is 2. The van der Waals surface area contributed by atoms with Crippen molar-refractivity contribution in [3.05, 3.63) is 29.8 Å².